The number of aryl methyl sites for hydroxylation is 1. The third-order valence-corrected chi connectivity index (χ3v) is 1.70. The third kappa shape index (κ3) is 3.12. The average molecular weight is 190 g/mol. The topological polar surface area (TPSA) is 46.5 Å². The molecule has 0 heterocycles. The van der Waals surface area contributed by atoms with Gasteiger partial charge >= 0.3 is 35.5 Å². The number of hydrogen-bond donors (Lipinski definition) is 1. The molecule has 1 aromatic rings. The molecule has 0 bridgehead atoms. The van der Waals surface area contributed by atoms with Crippen molar-refractivity contribution in [1.82, 2.24) is 0 Å². The van der Waals surface area contributed by atoms with Crippen LogP contribution in [0, 0.1) is 0 Å². The van der Waals surface area contributed by atoms with Crippen LogP contribution in [-0.4, -0.2) is 40.8 Å². The van der Waals surface area contributed by atoms with Crippen LogP contribution >= 0.6 is 0 Å². The first-order valence-corrected chi connectivity index (χ1v) is 3.73. The van der Waals surface area contributed by atoms with E-state index in [0.717, 1.165) is 12.0 Å². The van der Waals surface area contributed by atoms with Gasteiger partial charge in [-0.1, -0.05) is 25.1 Å². The molecule has 0 unspecified atom stereocenters. The van der Waals surface area contributed by atoms with E-state index >= 15 is 0 Å². The first-order valence-electron chi connectivity index (χ1n) is 3.73. The van der Waals surface area contributed by atoms with Gasteiger partial charge in [0.05, 0.1) is 5.56 Å². The Hall–Kier alpha value is -0.350. The number of benzene rings is 1. The summed E-state index contributed by atoms with van der Waals surface area (Å²) >= 11 is 0. The van der Waals surface area contributed by atoms with E-state index in [1.807, 2.05) is 19.1 Å². The summed E-state index contributed by atoms with van der Waals surface area (Å²) in [6, 6.07) is 7.02. The van der Waals surface area contributed by atoms with E-state index in [1.54, 1.807) is 12.1 Å². The van der Waals surface area contributed by atoms with Crippen LogP contribution < -0.4 is 0 Å². The molecular formula is C9H11NaO3. The average Bonchev–Trinajstić information content (AvgIpc) is 2.16. The predicted octanol–water partition coefficient (Wildman–Crippen LogP) is 1.23. The molecule has 0 saturated heterocycles. The molecule has 0 atom stereocenters. The van der Waals surface area contributed by atoms with Crippen molar-refractivity contribution in [2.24, 2.45) is 0 Å². The fourth-order valence-electron chi connectivity index (χ4n) is 1.08. The van der Waals surface area contributed by atoms with Crippen molar-refractivity contribution in [3.63, 3.8) is 0 Å². The Morgan fingerprint density at radius 1 is 1.46 bits per heavy atom. The Bertz CT molecular complexity index is 286. The van der Waals surface area contributed by atoms with Crippen molar-refractivity contribution in [2.75, 3.05) is 0 Å². The van der Waals surface area contributed by atoms with Crippen LogP contribution in [0.5, 0.6) is 0 Å². The second-order valence-electron chi connectivity index (χ2n) is 2.39. The molecular weight excluding hydrogens is 179 g/mol. The summed E-state index contributed by atoms with van der Waals surface area (Å²) in [7, 11) is 0. The van der Waals surface area contributed by atoms with Crippen molar-refractivity contribution >= 4 is 35.5 Å². The predicted molar refractivity (Wildman–Crippen MR) is 51.0 cm³/mol. The molecule has 0 aliphatic rings. The zero-order valence-corrected chi connectivity index (χ0v) is 6.78. The monoisotopic (exact) mass is 190 g/mol. The van der Waals surface area contributed by atoms with Crippen LogP contribution in [-0.2, 0) is 11.3 Å². The minimum absolute atomic E-state index is 0. The molecule has 1 rings (SSSR count). The summed E-state index contributed by atoms with van der Waals surface area (Å²) in [6.07, 6.45) is 0.741. The molecule has 0 fully saturated rings. The third-order valence-electron chi connectivity index (χ3n) is 1.70. The van der Waals surface area contributed by atoms with E-state index < -0.39 is 5.97 Å². The number of hydrogen-bond acceptors (Lipinski definition) is 3. The minimum atomic E-state index is -0.701. The Balaban J connectivity index is 0.00000144. The van der Waals surface area contributed by atoms with E-state index in [-0.39, 0.29) is 29.6 Å². The van der Waals surface area contributed by atoms with Crippen molar-refractivity contribution in [3.8, 4) is 0 Å². The quantitative estimate of drug-likeness (QED) is 0.433. The molecule has 1 N–H and O–H groups in total. The van der Waals surface area contributed by atoms with Crippen LogP contribution in [0.4, 0.5) is 0 Å². The van der Waals surface area contributed by atoms with Gasteiger partial charge in [-0.05, 0) is 18.1 Å². The van der Waals surface area contributed by atoms with E-state index in [4.69, 9.17) is 5.26 Å². The Morgan fingerprint density at radius 3 is 2.62 bits per heavy atom. The van der Waals surface area contributed by atoms with Crippen molar-refractivity contribution < 1.29 is 14.9 Å². The molecule has 0 amide bonds. The number of carbonyl (C=O) groups excluding carboxylic acids is 1. The Kier molecular flexibility index (Phi) is 5.99. The van der Waals surface area contributed by atoms with Gasteiger partial charge in [-0.25, -0.2) is 4.79 Å². The summed E-state index contributed by atoms with van der Waals surface area (Å²) in [5.41, 5.74) is 1.29. The zero-order chi connectivity index (χ0) is 8.97. The number of carbonyl (C=O) groups is 1. The maximum absolute atomic E-state index is 10.9. The first-order chi connectivity index (χ1) is 5.79. The van der Waals surface area contributed by atoms with Crippen LogP contribution in [0.2, 0.25) is 0 Å². The normalized spacial score (nSPS) is 8.77. The van der Waals surface area contributed by atoms with E-state index in [1.165, 1.54) is 0 Å². The molecule has 13 heavy (non-hydrogen) atoms. The van der Waals surface area contributed by atoms with Crippen LogP contribution in [0.1, 0.15) is 22.8 Å². The zero-order valence-electron chi connectivity index (χ0n) is 6.78. The standard InChI is InChI=1S/C9H10O3.Na.H/c1-2-7-5-3-4-6-8(7)9(10)12-11;;/h3-6,11H,2H2,1H3;;. The van der Waals surface area contributed by atoms with Crippen molar-refractivity contribution in [3.05, 3.63) is 35.4 Å². The van der Waals surface area contributed by atoms with Gasteiger partial charge in [0.15, 0.2) is 0 Å². The summed E-state index contributed by atoms with van der Waals surface area (Å²) in [6.45, 7) is 1.93. The molecule has 1 aromatic carbocycles. The maximum atomic E-state index is 10.9. The Labute approximate surface area is 98.9 Å². The van der Waals surface area contributed by atoms with Gasteiger partial charge in [0.25, 0.3) is 0 Å². The number of rotatable bonds is 2. The molecule has 0 aliphatic heterocycles. The van der Waals surface area contributed by atoms with Gasteiger partial charge in [-0.15, -0.1) is 0 Å². The molecule has 0 radical (unpaired) electrons. The van der Waals surface area contributed by atoms with Crippen LogP contribution in [0.3, 0.4) is 0 Å². The van der Waals surface area contributed by atoms with Crippen molar-refractivity contribution in [2.45, 2.75) is 13.3 Å². The molecule has 0 aliphatic carbocycles. The van der Waals surface area contributed by atoms with E-state index in [2.05, 4.69) is 4.89 Å². The van der Waals surface area contributed by atoms with Crippen LogP contribution in [0.15, 0.2) is 24.3 Å². The van der Waals surface area contributed by atoms with E-state index in [9.17, 15) is 4.79 Å². The second kappa shape index (κ2) is 6.16. The van der Waals surface area contributed by atoms with Gasteiger partial charge in [0.1, 0.15) is 0 Å². The van der Waals surface area contributed by atoms with Gasteiger partial charge in [0.2, 0.25) is 0 Å². The molecule has 66 valence electrons. The van der Waals surface area contributed by atoms with Gasteiger partial charge < -0.3 is 0 Å². The fraction of sp³-hybridized carbons (Fsp3) is 0.222. The molecule has 4 heteroatoms. The van der Waals surface area contributed by atoms with Crippen LogP contribution in [0.25, 0.3) is 0 Å². The molecule has 0 aromatic heterocycles. The summed E-state index contributed by atoms with van der Waals surface area (Å²) in [5.74, 6) is -0.701. The summed E-state index contributed by atoms with van der Waals surface area (Å²) in [5, 5.41) is 8.16. The van der Waals surface area contributed by atoms with Gasteiger partial charge in [-0.3, -0.25) is 4.89 Å². The molecule has 0 spiro atoms. The second-order valence-corrected chi connectivity index (χ2v) is 2.39. The van der Waals surface area contributed by atoms with Gasteiger partial charge in [-0.2, -0.15) is 5.26 Å². The Morgan fingerprint density at radius 2 is 2.08 bits per heavy atom. The summed E-state index contributed by atoms with van der Waals surface area (Å²) < 4.78 is 0. The fourth-order valence-corrected chi connectivity index (χ4v) is 1.08. The molecule has 0 saturated carbocycles. The van der Waals surface area contributed by atoms with Crippen molar-refractivity contribution in [1.29, 1.82) is 0 Å². The molecule has 3 nitrogen and oxygen atoms in total. The van der Waals surface area contributed by atoms with E-state index in [0.29, 0.717) is 5.56 Å². The SMILES string of the molecule is CCc1ccccc1C(=O)OO.[NaH]. The summed E-state index contributed by atoms with van der Waals surface area (Å²) in [4.78, 5) is 14.6. The van der Waals surface area contributed by atoms with Gasteiger partial charge in [0, 0.05) is 0 Å². The first kappa shape index (κ1) is 12.7.